The summed E-state index contributed by atoms with van der Waals surface area (Å²) in [4.78, 5) is 4.48. The summed E-state index contributed by atoms with van der Waals surface area (Å²) in [6.07, 6.45) is 3.86. The lowest BCUT2D eigenvalue weighted by Crippen LogP contribution is -2.03. The van der Waals surface area contributed by atoms with E-state index in [0.29, 0.717) is 0 Å². The zero-order valence-corrected chi connectivity index (χ0v) is 12.4. The number of hydrogen-bond acceptors (Lipinski definition) is 3. The second kappa shape index (κ2) is 5.85. The summed E-state index contributed by atoms with van der Waals surface area (Å²) < 4.78 is 1.84. The fourth-order valence-electron chi connectivity index (χ4n) is 2.51. The van der Waals surface area contributed by atoms with Crippen LogP contribution in [0.15, 0.2) is 79.0 Å². The molecule has 0 atom stereocenters. The van der Waals surface area contributed by atoms with Crippen LogP contribution in [0.5, 0.6) is 0 Å². The van der Waals surface area contributed by atoms with E-state index in [4.69, 9.17) is 0 Å². The Morgan fingerprint density at radius 3 is 2.43 bits per heavy atom. The molecule has 0 amide bonds. The van der Waals surface area contributed by atoms with Crippen LogP contribution in [0.3, 0.4) is 0 Å². The number of fused-ring (bicyclic) bond motifs is 1. The highest BCUT2D eigenvalue weighted by Crippen LogP contribution is 2.22. The van der Waals surface area contributed by atoms with Crippen LogP contribution in [0.1, 0.15) is 11.3 Å². The van der Waals surface area contributed by atoms with E-state index in [1.165, 1.54) is 0 Å². The van der Waals surface area contributed by atoms with E-state index in [-0.39, 0.29) is 0 Å². The smallest absolute Gasteiger partial charge is 0.113 e. The first-order chi connectivity index (χ1) is 11.4. The fourth-order valence-corrected chi connectivity index (χ4v) is 2.51. The van der Waals surface area contributed by atoms with Crippen LogP contribution in [-0.4, -0.2) is 20.0 Å². The van der Waals surface area contributed by atoms with Gasteiger partial charge in [-0.15, -0.1) is 5.10 Å². The van der Waals surface area contributed by atoms with Crippen LogP contribution in [0, 0.1) is 0 Å². The number of rotatable bonds is 3. The summed E-state index contributed by atoms with van der Waals surface area (Å²) in [5.41, 5.74) is 4.66. The molecule has 0 aliphatic heterocycles. The average molecular weight is 298 g/mol. The molecule has 4 nitrogen and oxygen atoms in total. The molecule has 4 rings (SSSR count). The first-order valence-electron chi connectivity index (χ1n) is 7.41. The van der Waals surface area contributed by atoms with Gasteiger partial charge >= 0.3 is 0 Å². The van der Waals surface area contributed by atoms with E-state index < -0.39 is 0 Å². The number of benzene rings is 2. The summed E-state index contributed by atoms with van der Waals surface area (Å²) in [6, 6.07) is 23.9. The lowest BCUT2D eigenvalue weighted by Gasteiger charge is -2.08. The fraction of sp³-hybridized carbons (Fsp3) is 0. The molecule has 2 heterocycles. The highest BCUT2D eigenvalue weighted by atomic mass is 15.4. The Labute approximate surface area is 133 Å². The molecule has 0 radical (unpaired) electrons. The SMILES string of the molecule is C(=C(c1ccccn1)n1nnc2ccccc21)c1ccccc1. The highest BCUT2D eigenvalue weighted by Gasteiger charge is 2.11. The molecule has 0 saturated heterocycles. The van der Waals surface area contributed by atoms with Gasteiger partial charge in [0.05, 0.1) is 16.9 Å². The van der Waals surface area contributed by atoms with E-state index in [0.717, 1.165) is 28.0 Å². The summed E-state index contributed by atoms with van der Waals surface area (Å²) in [5, 5.41) is 8.58. The Hall–Kier alpha value is -3.27. The Bertz CT molecular complexity index is 956. The standard InChI is InChI=1S/C19H14N4/c1-2-8-15(9-3-1)14-19(16-10-6-7-13-20-16)23-18-12-5-4-11-17(18)21-22-23/h1-14H. The third kappa shape index (κ3) is 2.62. The Morgan fingerprint density at radius 2 is 1.61 bits per heavy atom. The van der Waals surface area contributed by atoms with Gasteiger partial charge in [0.15, 0.2) is 0 Å². The average Bonchev–Trinajstić information content (AvgIpc) is 3.05. The molecule has 0 fully saturated rings. The first-order valence-corrected chi connectivity index (χ1v) is 7.41. The minimum absolute atomic E-state index is 0.854. The Balaban J connectivity index is 1.94. The van der Waals surface area contributed by atoms with E-state index in [1.54, 1.807) is 6.20 Å². The first kappa shape index (κ1) is 13.4. The minimum Gasteiger partial charge on any atom is -0.255 e. The molecular formula is C19H14N4. The van der Waals surface area contributed by atoms with Crippen LogP contribution in [0.25, 0.3) is 22.8 Å². The minimum atomic E-state index is 0.854. The maximum Gasteiger partial charge on any atom is 0.113 e. The van der Waals surface area contributed by atoms with Crippen LogP contribution < -0.4 is 0 Å². The van der Waals surface area contributed by atoms with Crippen molar-refractivity contribution in [1.29, 1.82) is 0 Å². The monoisotopic (exact) mass is 298 g/mol. The molecular weight excluding hydrogens is 284 g/mol. The number of nitrogens with zero attached hydrogens (tertiary/aromatic N) is 4. The summed E-state index contributed by atoms with van der Waals surface area (Å²) in [7, 11) is 0. The van der Waals surface area contributed by atoms with Gasteiger partial charge in [-0.2, -0.15) is 0 Å². The molecule has 0 N–H and O–H groups in total. The molecule has 4 heteroatoms. The van der Waals surface area contributed by atoms with E-state index >= 15 is 0 Å². The van der Waals surface area contributed by atoms with Crippen molar-refractivity contribution in [2.24, 2.45) is 0 Å². The molecule has 110 valence electrons. The predicted molar refractivity (Wildman–Crippen MR) is 91.5 cm³/mol. The van der Waals surface area contributed by atoms with Crippen LogP contribution >= 0.6 is 0 Å². The van der Waals surface area contributed by atoms with E-state index in [1.807, 2.05) is 65.3 Å². The number of pyridine rings is 1. The van der Waals surface area contributed by atoms with Gasteiger partial charge in [0, 0.05) is 6.20 Å². The van der Waals surface area contributed by atoms with Gasteiger partial charge in [0.2, 0.25) is 0 Å². The Kier molecular flexibility index (Phi) is 3.41. The second-order valence-corrected chi connectivity index (χ2v) is 5.15. The molecule has 0 spiro atoms. The second-order valence-electron chi connectivity index (χ2n) is 5.15. The molecule has 2 aromatic heterocycles. The van der Waals surface area contributed by atoms with Gasteiger partial charge in [-0.05, 0) is 35.9 Å². The number of para-hydroxylation sites is 1. The number of aromatic nitrogens is 4. The van der Waals surface area contributed by atoms with Crippen molar-refractivity contribution in [2.45, 2.75) is 0 Å². The van der Waals surface area contributed by atoms with Crippen LogP contribution in [0.4, 0.5) is 0 Å². The molecule has 2 aromatic carbocycles. The summed E-state index contributed by atoms with van der Waals surface area (Å²) in [5.74, 6) is 0. The largest absolute Gasteiger partial charge is 0.255 e. The zero-order chi connectivity index (χ0) is 15.5. The molecule has 0 saturated carbocycles. The van der Waals surface area contributed by atoms with E-state index in [9.17, 15) is 0 Å². The van der Waals surface area contributed by atoms with Crippen molar-refractivity contribution in [2.75, 3.05) is 0 Å². The zero-order valence-electron chi connectivity index (χ0n) is 12.4. The summed E-state index contributed by atoms with van der Waals surface area (Å²) >= 11 is 0. The molecule has 4 aromatic rings. The Morgan fingerprint density at radius 1 is 0.826 bits per heavy atom. The van der Waals surface area contributed by atoms with Gasteiger partial charge in [0.1, 0.15) is 5.52 Å². The van der Waals surface area contributed by atoms with Crippen LogP contribution in [-0.2, 0) is 0 Å². The lowest BCUT2D eigenvalue weighted by molar-refractivity contribution is 0.839. The topological polar surface area (TPSA) is 43.6 Å². The van der Waals surface area contributed by atoms with Gasteiger partial charge in [-0.1, -0.05) is 53.7 Å². The van der Waals surface area contributed by atoms with Crippen molar-refractivity contribution >= 4 is 22.8 Å². The lowest BCUT2D eigenvalue weighted by atomic mass is 10.1. The van der Waals surface area contributed by atoms with Gasteiger partial charge in [0.25, 0.3) is 0 Å². The normalized spacial score (nSPS) is 11.7. The van der Waals surface area contributed by atoms with Crippen molar-refractivity contribution in [1.82, 2.24) is 20.0 Å². The number of hydrogen-bond donors (Lipinski definition) is 0. The third-order valence-corrected chi connectivity index (χ3v) is 3.61. The van der Waals surface area contributed by atoms with Crippen molar-refractivity contribution in [3.8, 4) is 0 Å². The maximum atomic E-state index is 4.48. The highest BCUT2D eigenvalue weighted by molar-refractivity contribution is 5.86. The summed E-state index contributed by atoms with van der Waals surface area (Å²) in [6.45, 7) is 0. The van der Waals surface area contributed by atoms with Gasteiger partial charge < -0.3 is 0 Å². The van der Waals surface area contributed by atoms with Gasteiger partial charge in [-0.25, -0.2) is 4.68 Å². The molecule has 0 aliphatic rings. The van der Waals surface area contributed by atoms with Crippen molar-refractivity contribution in [3.05, 3.63) is 90.3 Å². The third-order valence-electron chi connectivity index (χ3n) is 3.61. The van der Waals surface area contributed by atoms with Crippen molar-refractivity contribution in [3.63, 3.8) is 0 Å². The molecule has 23 heavy (non-hydrogen) atoms. The van der Waals surface area contributed by atoms with E-state index in [2.05, 4.69) is 33.5 Å². The molecule has 0 unspecified atom stereocenters. The van der Waals surface area contributed by atoms with Crippen LogP contribution in [0.2, 0.25) is 0 Å². The van der Waals surface area contributed by atoms with Gasteiger partial charge in [-0.3, -0.25) is 4.98 Å². The molecule has 0 bridgehead atoms. The van der Waals surface area contributed by atoms with Crippen molar-refractivity contribution < 1.29 is 0 Å². The molecule has 0 aliphatic carbocycles. The quantitative estimate of drug-likeness (QED) is 0.576. The predicted octanol–water partition coefficient (Wildman–Crippen LogP) is 3.87. The maximum absolute atomic E-state index is 4.48.